The van der Waals surface area contributed by atoms with E-state index in [1.54, 1.807) is 13.0 Å². The van der Waals surface area contributed by atoms with Crippen LogP contribution in [0.5, 0.6) is 0 Å². The summed E-state index contributed by atoms with van der Waals surface area (Å²) in [5.41, 5.74) is 0.676. The van der Waals surface area contributed by atoms with Crippen LogP contribution in [0.25, 0.3) is 0 Å². The largest absolute Gasteiger partial charge is 0.480 e. The second-order valence-corrected chi connectivity index (χ2v) is 4.65. The molecule has 1 aliphatic rings. The topological polar surface area (TPSA) is 91.7 Å². The molecule has 2 N–H and O–H groups in total. The van der Waals surface area contributed by atoms with Gasteiger partial charge in [-0.2, -0.15) is 8.42 Å². The second-order valence-electron chi connectivity index (χ2n) is 3.03. The molecular formula is C9H10O5S. The van der Waals surface area contributed by atoms with Crippen molar-refractivity contribution in [1.82, 2.24) is 0 Å². The summed E-state index contributed by atoms with van der Waals surface area (Å²) in [7, 11) is -4.72. The van der Waals surface area contributed by atoms with Gasteiger partial charge < -0.3 is 5.11 Å². The van der Waals surface area contributed by atoms with Crippen molar-refractivity contribution in [2.45, 2.75) is 11.7 Å². The lowest BCUT2D eigenvalue weighted by Crippen LogP contribution is -2.43. The van der Waals surface area contributed by atoms with Gasteiger partial charge in [0.25, 0.3) is 10.1 Å². The minimum absolute atomic E-state index is 0.676. The molecule has 0 aromatic carbocycles. The van der Waals surface area contributed by atoms with Gasteiger partial charge >= 0.3 is 5.97 Å². The number of allylic oxidation sites excluding steroid dienone is 4. The molecule has 15 heavy (non-hydrogen) atoms. The van der Waals surface area contributed by atoms with Crippen molar-refractivity contribution in [1.29, 1.82) is 0 Å². The number of hydrogen-bond donors (Lipinski definition) is 2. The van der Waals surface area contributed by atoms with Gasteiger partial charge in [-0.15, -0.1) is 0 Å². The lowest BCUT2D eigenvalue weighted by molar-refractivity contribution is -0.137. The lowest BCUT2D eigenvalue weighted by Gasteiger charge is -2.21. The molecule has 0 heterocycles. The number of carboxylic acids is 1. The van der Waals surface area contributed by atoms with Gasteiger partial charge in [-0.1, -0.05) is 18.2 Å². The van der Waals surface area contributed by atoms with Crippen LogP contribution >= 0.6 is 0 Å². The summed E-state index contributed by atoms with van der Waals surface area (Å²) in [6, 6.07) is 0. The minimum Gasteiger partial charge on any atom is -0.480 e. The van der Waals surface area contributed by atoms with E-state index in [1.165, 1.54) is 12.2 Å². The van der Waals surface area contributed by atoms with Crippen molar-refractivity contribution in [3.63, 3.8) is 0 Å². The van der Waals surface area contributed by atoms with Crippen LogP contribution in [0.3, 0.4) is 0 Å². The van der Waals surface area contributed by atoms with E-state index in [1.807, 2.05) is 0 Å². The Labute approximate surface area is 87.2 Å². The molecule has 0 atom stereocenters. The van der Waals surface area contributed by atoms with Gasteiger partial charge in [-0.25, -0.2) is 4.79 Å². The quantitative estimate of drug-likeness (QED) is 0.683. The summed E-state index contributed by atoms with van der Waals surface area (Å²) >= 11 is 0. The second kappa shape index (κ2) is 3.63. The van der Waals surface area contributed by atoms with Gasteiger partial charge in [0.05, 0.1) is 0 Å². The van der Waals surface area contributed by atoms with Gasteiger partial charge in [0.15, 0.2) is 0 Å². The molecule has 0 aliphatic heterocycles. The summed E-state index contributed by atoms with van der Waals surface area (Å²) < 4.78 is 28.5. The molecule has 6 heteroatoms. The molecule has 0 aromatic rings. The number of hydrogen-bond acceptors (Lipinski definition) is 3. The van der Waals surface area contributed by atoms with Gasteiger partial charge in [0.1, 0.15) is 0 Å². The van der Waals surface area contributed by atoms with E-state index in [-0.39, 0.29) is 0 Å². The normalized spacial score (nSPS) is 25.3. The van der Waals surface area contributed by atoms with Gasteiger partial charge in [-0.05, 0) is 24.6 Å². The number of aliphatic carboxylic acids is 1. The highest BCUT2D eigenvalue weighted by Crippen LogP contribution is 2.26. The third kappa shape index (κ3) is 1.86. The van der Waals surface area contributed by atoms with E-state index in [4.69, 9.17) is 9.66 Å². The zero-order valence-corrected chi connectivity index (χ0v) is 8.73. The fraction of sp³-hybridized carbons (Fsp3) is 0.222. The van der Waals surface area contributed by atoms with Crippen LogP contribution in [0.1, 0.15) is 6.92 Å². The first-order valence-corrected chi connectivity index (χ1v) is 5.53. The first-order valence-electron chi connectivity index (χ1n) is 4.09. The lowest BCUT2D eigenvalue weighted by atomic mass is 9.99. The predicted octanol–water partition coefficient (Wildman–Crippen LogP) is 0.770. The third-order valence-electron chi connectivity index (χ3n) is 2.14. The molecule has 0 fully saturated rings. The molecule has 1 aliphatic carbocycles. The van der Waals surface area contributed by atoms with E-state index >= 15 is 0 Å². The fourth-order valence-corrected chi connectivity index (χ4v) is 1.87. The molecule has 0 amide bonds. The standard InChI is InChI=1S/C9H10O5S/c1-2-7-3-5-9(6-4-7,8(10)11)15(12,13)14/h2-6H,1H3,(H,10,11)(H,12,13,14). The highest BCUT2D eigenvalue weighted by Gasteiger charge is 2.47. The van der Waals surface area contributed by atoms with Crippen molar-refractivity contribution in [2.75, 3.05) is 0 Å². The summed E-state index contributed by atoms with van der Waals surface area (Å²) in [6.07, 6.45) is 6.24. The Morgan fingerprint density at radius 3 is 2.13 bits per heavy atom. The molecule has 5 nitrogen and oxygen atoms in total. The Morgan fingerprint density at radius 1 is 1.40 bits per heavy atom. The molecule has 0 radical (unpaired) electrons. The van der Waals surface area contributed by atoms with Crippen molar-refractivity contribution in [2.24, 2.45) is 0 Å². The number of rotatable bonds is 2. The van der Waals surface area contributed by atoms with Crippen LogP contribution in [0.4, 0.5) is 0 Å². The van der Waals surface area contributed by atoms with Crippen LogP contribution < -0.4 is 0 Å². The van der Waals surface area contributed by atoms with E-state index in [2.05, 4.69) is 0 Å². The summed E-state index contributed by atoms with van der Waals surface area (Å²) in [4.78, 5) is 10.9. The molecule has 0 bridgehead atoms. The first kappa shape index (κ1) is 11.7. The van der Waals surface area contributed by atoms with E-state index in [9.17, 15) is 13.2 Å². The molecular weight excluding hydrogens is 220 g/mol. The zero-order chi connectivity index (χ0) is 11.7. The monoisotopic (exact) mass is 230 g/mol. The fourth-order valence-electron chi connectivity index (χ4n) is 1.17. The SMILES string of the molecule is CC=C1C=CC(C(=O)O)(S(=O)(=O)O)C=C1. The maximum absolute atomic E-state index is 11.0. The molecule has 0 saturated carbocycles. The van der Waals surface area contributed by atoms with E-state index in [0.29, 0.717) is 5.57 Å². The Hall–Kier alpha value is -1.40. The Balaban J connectivity index is 3.33. The Morgan fingerprint density at radius 2 is 1.87 bits per heavy atom. The Bertz CT molecular complexity index is 451. The molecule has 0 aromatic heterocycles. The zero-order valence-electron chi connectivity index (χ0n) is 7.91. The Kier molecular flexibility index (Phi) is 2.83. The van der Waals surface area contributed by atoms with Crippen molar-refractivity contribution >= 4 is 16.1 Å². The smallest absolute Gasteiger partial charge is 0.335 e. The minimum atomic E-state index is -4.72. The highest BCUT2D eigenvalue weighted by atomic mass is 32.2. The summed E-state index contributed by atoms with van der Waals surface area (Å²) in [5.74, 6) is -1.63. The molecule has 0 unspecified atom stereocenters. The van der Waals surface area contributed by atoms with Crippen LogP contribution in [-0.2, 0) is 14.9 Å². The van der Waals surface area contributed by atoms with Crippen LogP contribution in [0.2, 0.25) is 0 Å². The van der Waals surface area contributed by atoms with Crippen molar-refractivity contribution in [3.8, 4) is 0 Å². The van der Waals surface area contributed by atoms with Crippen molar-refractivity contribution in [3.05, 3.63) is 36.0 Å². The van der Waals surface area contributed by atoms with E-state index < -0.39 is 20.8 Å². The maximum atomic E-state index is 11.0. The molecule has 0 saturated heterocycles. The van der Waals surface area contributed by atoms with E-state index in [0.717, 1.165) is 12.2 Å². The summed E-state index contributed by atoms with van der Waals surface area (Å²) in [5, 5.41) is 8.82. The molecule has 82 valence electrons. The highest BCUT2D eigenvalue weighted by molar-refractivity contribution is 7.88. The molecule has 0 spiro atoms. The summed E-state index contributed by atoms with van der Waals surface area (Å²) in [6.45, 7) is 1.73. The third-order valence-corrected chi connectivity index (χ3v) is 3.44. The first-order chi connectivity index (χ1) is 6.83. The molecule has 1 rings (SSSR count). The van der Waals surface area contributed by atoms with Gasteiger partial charge in [0.2, 0.25) is 4.75 Å². The van der Waals surface area contributed by atoms with Crippen molar-refractivity contribution < 1.29 is 22.9 Å². The number of carbonyl (C=O) groups is 1. The average Bonchev–Trinajstić information content (AvgIpc) is 2.16. The predicted molar refractivity (Wildman–Crippen MR) is 54.0 cm³/mol. The van der Waals surface area contributed by atoms with Crippen LogP contribution in [0, 0.1) is 0 Å². The maximum Gasteiger partial charge on any atom is 0.335 e. The van der Waals surface area contributed by atoms with Crippen LogP contribution in [0.15, 0.2) is 36.0 Å². The van der Waals surface area contributed by atoms with Gasteiger partial charge in [0, 0.05) is 0 Å². The van der Waals surface area contributed by atoms with Gasteiger partial charge in [-0.3, -0.25) is 4.55 Å². The number of carboxylic acid groups (broad SMARTS) is 1. The van der Waals surface area contributed by atoms with Crippen LogP contribution in [-0.4, -0.2) is 28.8 Å². The average molecular weight is 230 g/mol.